The minimum Gasteiger partial charge on any atom is -0.438 e. The van der Waals surface area contributed by atoms with E-state index in [1.165, 1.54) is 5.56 Å². The molecule has 0 unspecified atom stereocenters. The van der Waals surface area contributed by atoms with E-state index in [4.69, 9.17) is 9.72 Å². The Kier molecular flexibility index (Phi) is 7.78. The number of carbonyl (C=O) groups excluding carboxylic acids is 1. The van der Waals surface area contributed by atoms with Gasteiger partial charge in [-0.25, -0.2) is 4.98 Å². The minimum atomic E-state index is 0.0783. The van der Waals surface area contributed by atoms with E-state index in [1.54, 1.807) is 23.3 Å². The van der Waals surface area contributed by atoms with Crippen molar-refractivity contribution in [2.75, 3.05) is 33.2 Å². The molecule has 0 saturated carbocycles. The van der Waals surface area contributed by atoms with E-state index >= 15 is 0 Å². The molecule has 2 aromatic carbocycles. The summed E-state index contributed by atoms with van der Waals surface area (Å²) in [4.78, 5) is 31.8. The second-order valence-corrected chi connectivity index (χ2v) is 11.1. The molecule has 4 heterocycles. The van der Waals surface area contributed by atoms with Gasteiger partial charge in [0.2, 0.25) is 5.88 Å². The fourth-order valence-corrected chi connectivity index (χ4v) is 5.25. The first-order valence-corrected chi connectivity index (χ1v) is 14.2. The maximum atomic E-state index is 13.3. The molecule has 9 heteroatoms. The fraction of sp³-hybridized carbons (Fsp3) is 0.303. The van der Waals surface area contributed by atoms with Crippen LogP contribution < -0.4 is 4.74 Å². The molecule has 0 radical (unpaired) electrons. The Bertz CT molecular complexity index is 1740. The number of hydrogen-bond donors (Lipinski definition) is 0. The Morgan fingerprint density at radius 3 is 2.52 bits per heavy atom. The lowest BCUT2D eigenvalue weighted by molar-refractivity contribution is 0.0993. The van der Waals surface area contributed by atoms with E-state index in [0.29, 0.717) is 28.5 Å². The number of nitrogens with zero attached hydrogens (tertiary/aromatic N) is 7. The summed E-state index contributed by atoms with van der Waals surface area (Å²) in [5.74, 6) is 1.63. The highest BCUT2D eigenvalue weighted by Gasteiger charge is 2.18. The molecule has 0 amide bonds. The molecular weight excluding hydrogens is 526 g/mol. The van der Waals surface area contributed by atoms with Crippen molar-refractivity contribution in [2.45, 2.75) is 26.8 Å². The van der Waals surface area contributed by atoms with Crippen LogP contribution in [-0.4, -0.2) is 73.5 Å². The van der Waals surface area contributed by atoms with Crippen LogP contribution in [0.15, 0.2) is 67.1 Å². The van der Waals surface area contributed by atoms with Crippen molar-refractivity contribution in [1.82, 2.24) is 34.5 Å². The second-order valence-electron chi connectivity index (χ2n) is 11.1. The lowest BCUT2D eigenvalue weighted by Gasteiger charge is -2.32. The van der Waals surface area contributed by atoms with Gasteiger partial charge in [-0.2, -0.15) is 10.1 Å². The van der Waals surface area contributed by atoms with E-state index in [9.17, 15) is 4.79 Å². The Balaban J connectivity index is 1.21. The van der Waals surface area contributed by atoms with Gasteiger partial charge in [-0.1, -0.05) is 24.3 Å². The van der Waals surface area contributed by atoms with Gasteiger partial charge in [0.05, 0.1) is 6.20 Å². The average molecular weight is 562 g/mol. The van der Waals surface area contributed by atoms with Crippen molar-refractivity contribution >= 4 is 16.8 Å². The van der Waals surface area contributed by atoms with Crippen LogP contribution in [0, 0.1) is 13.8 Å². The summed E-state index contributed by atoms with van der Waals surface area (Å²) in [7, 11) is 4.01. The van der Waals surface area contributed by atoms with Crippen LogP contribution in [0.25, 0.3) is 22.4 Å². The Morgan fingerprint density at radius 2 is 1.76 bits per heavy atom. The fourth-order valence-electron chi connectivity index (χ4n) is 5.25. The number of Topliss-reactive ketones (excluding diaryl/α,β-unsaturated/α-hetero) is 1. The van der Waals surface area contributed by atoms with Crippen molar-refractivity contribution < 1.29 is 9.53 Å². The first kappa shape index (κ1) is 27.7. The highest BCUT2D eigenvalue weighted by molar-refractivity contribution is 5.97. The number of ether oxygens (including phenoxy) is 1. The SMILES string of the molecule is Cc1cc(C(=O)Cc2ccc(C)c(Oc3nc(-c4cccnc4)nc4c3cnn4C)c2)ccc1CN1CCN(C)CC1. The van der Waals surface area contributed by atoms with E-state index in [0.717, 1.165) is 60.5 Å². The molecule has 42 heavy (non-hydrogen) atoms. The van der Waals surface area contributed by atoms with E-state index in [1.807, 2.05) is 56.4 Å². The molecule has 214 valence electrons. The van der Waals surface area contributed by atoms with Gasteiger partial charge < -0.3 is 9.64 Å². The maximum Gasteiger partial charge on any atom is 0.234 e. The number of rotatable bonds is 8. The number of carbonyl (C=O) groups is 1. The molecule has 0 aliphatic carbocycles. The average Bonchev–Trinajstić information content (AvgIpc) is 3.38. The summed E-state index contributed by atoms with van der Waals surface area (Å²) in [6.45, 7) is 9.32. The minimum absolute atomic E-state index is 0.0783. The first-order chi connectivity index (χ1) is 20.3. The van der Waals surface area contributed by atoms with Crippen LogP contribution >= 0.6 is 0 Å². The topological polar surface area (TPSA) is 89.3 Å². The standard InChI is InChI=1S/C33H35N7O2/c1-22-7-8-24(17-29(41)25-9-10-27(23(2)16-25)21-40-14-12-38(3)13-15-40)18-30(22)42-33-28-20-35-39(4)32(28)36-31(37-33)26-6-5-11-34-19-26/h5-11,16,18-20H,12-15,17,21H2,1-4H3. The molecular formula is C33H35N7O2. The summed E-state index contributed by atoms with van der Waals surface area (Å²) < 4.78 is 8.09. The Hall–Kier alpha value is -4.47. The third kappa shape index (κ3) is 5.93. The second kappa shape index (κ2) is 11.8. The number of likely N-dealkylation sites (N-methyl/N-ethyl adjacent to an activating group) is 1. The third-order valence-electron chi connectivity index (χ3n) is 7.96. The molecule has 0 atom stereocenters. The number of hydrogen-bond acceptors (Lipinski definition) is 8. The van der Waals surface area contributed by atoms with Crippen LogP contribution in [0.3, 0.4) is 0 Å². The van der Waals surface area contributed by atoms with E-state index < -0.39 is 0 Å². The van der Waals surface area contributed by atoms with Crippen molar-refractivity contribution in [3.63, 3.8) is 0 Å². The largest absolute Gasteiger partial charge is 0.438 e. The molecule has 6 rings (SSSR count). The van der Waals surface area contributed by atoms with Gasteiger partial charge in [0.15, 0.2) is 17.3 Å². The predicted molar refractivity (Wildman–Crippen MR) is 163 cm³/mol. The van der Waals surface area contributed by atoms with Crippen molar-refractivity contribution in [2.24, 2.45) is 7.05 Å². The molecule has 9 nitrogen and oxygen atoms in total. The molecule has 0 bridgehead atoms. The van der Waals surface area contributed by atoms with Gasteiger partial charge in [0.25, 0.3) is 0 Å². The monoisotopic (exact) mass is 561 g/mol. The van der Waals surface area contributed by atoms with Gasteiger partial charge in [-0.15, -0.1) is 0 Å². The van der Waals surface area contributed by atoms with Crippen molar-refractivity contribution in [3.05, 3.63) is 94.9 Å². The third-order valence-corrected chi connectivity index (χ3v) is 7.96. The number of piperazine rings is 1. The zero-order valence-electron chi connectivity index (χ0n) is 24.5. The maximum absolute atomic E-state index is 13.3. The summed E-state index contributed by atoms with van der Waals surface area (Å²) in [6.07, 6.45) is 5.42. The van der Waals surface area contributed by atoms with Crippen LogP contribution in [0.5, 0.6) is 11.6 Å². The first-order valence-electron chi connectivity index (χ1n) is 14.2. The van der Waals surface area contributed by atoms with Crippen LogP contribution in [0.2, 0.25) is 0 Å². The highest BCUT2D eigenvalue weighted by Crippen LogP contribution is 2.32. The molecule has 5 aromatic rings. The number of benzene rings is 2. The molecule has 1 aliphatic heterocycles. The summed E-state index contributed by atoms with van der Waals surface area (Å²) in [5.41, 5.74) is 6.42. The predicted octanol–water partition coefficient (Wildman–Crippen LogP) is 5.01. The van der Waals surface area contributed by atoms with Gasteiger partial charge in [-0.3, -0.25) is 19.4 Å². The zero-order valence-corrected chi connectivity index (χ0v) is 24.5. The summed E-state index contributed by atoms with van der Waals surface area (Å²) in [5, 5.41) is 5.07. The van der Waals surface area contributed by atoms with E-state index in [2.05, 4.69) is 44.9 Å². The normalized spacial score (nSPS) is 14.4. The number of aryl methyl sites for hydroxylation is 3. The van der Waals surface area contributed by atoms with Gasteiger partial charge >= 0.3 is 0 Å². The van der Waals surface area contributed by atoms with Crippen LogP contribution in [0.4, 0.5) is 0 Å². The number of ketones is 1. The van der Waals surface area contributed by atoms with Gasteiger partial charge in [0.1, 0.15) is 11.1 Å². The molecule has 0 N–H and O–H groups in total. The number of fused-ring (bicyclic) bond motifs is 1. The Labute approximate surface area is 245 Å². The summed E-state index contributed by atoms with van der Waals surface area (Å²) >= 11 is 0. The van der Waals surface area contributed by atoms with Gasteiger partial charge in [-0.05, 0) is 67.4 Å². The molecule has 1 fully saturated rings. The smallest absolute Gasteiger partial charge is 0.234 e. The lowest BCUT2D eigenvalue weighted by Crippen LogP contribution is -2.43. The number of aromatic nitrogens is 5. The molecule has 3 aromatic heterocycles. The van der Waals surface area contributed by atoms with Crippen LogP contribution in [-0.2, 0) is 20.0 Å². The zero-order chi connectivity index (χ0) is 29.2. The molecule has 0 spiro atoms. The van der Waals surface area contributed by atoms with Crippen LogP contribution in [0.1, 0.15) is 32.6 Å². The van der Waals surface area contributed by atoms with Gasteiger partial charge in [0, 0.05) is 69.7 Å². The number of pyridine rings is 1. The Morgan fingerprint density at radius 1 is 0.929 bits per heavy atom. The molecule has 1 aliphatic rings. The highest BCUT2D eigenvalue weighted by atomic mass is 16.5. The van der Waals surface area contributed by atoms with E-state index in [-0.39, 0.29) is 12.2 Å². The van der Waals surface area contributed by atoms with Crippen molar-refractivity contribution in [1.29, 1.82) is 0 Å². The molecule has 1 saturated heterocycles. The lowest BCUT2D eigenvalue weighted by atomic mass is 9.98. The van der Waals surface area contributed by atoms with Crippen molar-refractivity contribution in [3.8, 4) is 23.0 Å². The quantitative estimate of drug-likeness (QED) is 0.245. The summed E-state index contributed by atoms with van der Waals surface area (Å²) in [6, 6.07) is 15.7.